The largest absolute Gasteiger partial charge is 0.351 e. The Balaban J connectivity index is 1.72. The quantitative estimate of drug-likeness (QED) is 0.883. The molecule has 0 bridgehead atoms. The molecule has 1 atom stereocenters. The number of nitrogens with one attached hydrogen (secondary N) is 2. The third kappa shape index (κ3) is 3.68. The lowest BCUT2D eigenvalue weighted by molar-refractivity contribution is 0.0917. The summed E-state index contributed by atoms with van der Waals surface area (Å²) in [6, 6.07) is 6.93. The first-order chi connectivity index (χ1) is 10.8. The van der Waals surface area contributed by atoms with Crippen LogP contribution in [0.5, 0.6) is 0 Å². The summed E-state index contributed by atoms with van der Waals surface area (Å²) in [5.74, 6) is -0.238. The maximum atomic E-state index is 12.4. The van der Waals surface area contributed by atoms with Crippen molar-refractivity contribution >= 4 is 38.4 Å². The van der Waals surface area contributed by atoms with Crippen molar-refractivity contribution in [2.24, 2.45) is 0 Å². The molecular formula is C15H18ClN3O3S. The summed E-state index contributed by atoms with van der Waals surface area (Å²) in [4.78, 5) is 15.4. The molecule has 1 aliphatic rings. The number of sulfonamides is 1. The number of carbonyl (C=O) groups is 1. The van der Waals surface area contributed by atoms with E-state index in [0.29, 0.717) is 23.8 Å². The minimum atomic E-state index is -3.22. The molecule has 2 heterocycles. The highest BCUT2D eigenvalue weighted by Gasteiger charge is 2.27. The third-order valence-corrected chi connectivity index (χ3v) is 5.52. The molecule has 1 unspecified atom stereocenters. The van der Waals surface area contributed by atoms with Crippen LogP contribution in [0.25, 0.3) is 10.9 Å². The zero-order chi connectivity index (χ0) is 16.6. The van der Waals surface area contributed by atoms with Crippen LogP contribution < -0.4 is 5.32 Å². The van der Waals surface area contributed by atoms with Crippen molar-refractivity contribution in [3.63, 3.8) is 0 Å². The van der Waals surface area contributed by atoms with Gasteiger partial charge in [0.05, 0.1) is 6.26 Å². The molecule has 1 aromatic carbocycles. The van der Waals surface area contributed by atoms with Gasteiger partial charge in [0.2, 0.25) is 10.0 Å². The Hall–Kier alpha value is -1.57. The van der Waals surface area contributed by atoms with E-state index in [0.717, 1.165) is 23.7 Å². The summed E-state index contributed by atoms with van der Waals surface area (Å²) in [6.45, 7) is 0.826. The Bertz CT molecular complexity index is 847. The zero-order valence-corrected chi connectivity index (χ0v) is 14.2. The van der Waals surface area contributed by atoms with Crippen LogP contribution in [0.2, 0.25) is 5.02 Å². The van der Waals surface area contributed by atoms with Gasteiger partial charge in [-0.2, -0.15) is 0 Å². The average molecular weight is 356 g/mol. The Morgan fingerprint density at radius 3 is 2.91 bits per heavy atom. The number of carbonyl (C=O) groups excluding carboxylic acids is 1. The van der Waals surface area contributed by atoms with Crippen LogP contribution in [0.3, 0.4) is 0 Å². The number of hydrogen-bond acceptors (Lipinski definition) is 3. The highest BCUT2D eigenvalue weighted by molar-refractivity contribution is 7.88. The first-order valence-electron chi connectivity index (χ1n) is 7.37. The van der Waals surface area contributed by atoms with E-state index in [2.05, 4.69) is 10.3 Å². The van der Waals surface area contributed by atoms with Crippen LogP contribution in [-0.4, -0.2) is 49.0 Å². The molecule has 1 amide bonds. The fourth-order valence-corrected chi connectivity index (χ4v) is 3.94. The summed E-state index contributed by atoms with van der Waals surface area (Å²) in [5, 5.41) is 4.38. The predicted molar refractivity (Wildman–Crippen MR) is 90.2 cm³/mol. The fourth-order valence-electron chi connectivity index (χ4n) is 2.85. The molecular weight excluding hydrogens is 338 g/mol. The van der Waals surface area contributed by atoms with Gasteiger partial charge in [-0.25, -0.2) is 12.7 Å². The van der Waals surface area contributed by atoms with Crippen LogP contribution in [0.4, 0.5) is 0 Å². The van der Waals surface area contributed by atoms with Gasteiger partial charge in [-0.3, -0.25) is 4.79 Å². The van der Waals surface area contributed by atoms with E-state index in [1.165, 1.54) is 10.6 Å². The first kappa shape index (κ1) is 16.3. The van der Waals surface area contributed by atoms with Gasteiger partial charge in [0.25, 0.3) is 5.91 Å². The Labute approximate surface area is 139 Å². The van der Waals surface area contributed by atoms with E-state index in [1.807, 2.05) is 6.07 Å². The minimum absolute atomic E-state index is 0.180. The van der Waals surface area contributed by atoms with E-state index >= 15 is 0 Å². The summed E-state index contributed by atoms with van der Waals surface area (Å²) < 4.78 is 24.7. The molecule has 2 aromatic rings. The number of halogens is 1. The highest BCUT2D eigenvalue weighted by Crippen LogP contribution is 2.20. The van der Waals surface area contributed by atoms with Gasteiger partial charge in [-0.1, -0.05) is 11.6 Å². The van der Waals surface area contributed by atoms with Crippen LogP contribution in [-0.2, 0) is 10.0 Å². The number of H-pyrrole nitrogens is 1. The normalized spacial score (nSPS) is 19.8. The van der Waals surface area contributed by atoms with Crippen molar-refractivity contribution in [1.82, 2.24) is 14.6 Å². The molecule has 0 saturated carbocycles. The second-order valence-corrected chi connectivity index (χ2v) is 8.27. The van der Waals surface area contributed by atoms with E-state index in [-0.39, 0.29) is 11.9 Å². The number of fused-ring (bicyclic) bond motifs is 1. The number of rotatable bonds is 3. The molecule has 1 saturated heterocycles. The lowest BCUT2D eigenvalue weighted by Crippen LogP contribution is -2.49. The summed E-state index contributed by atoms with van der Waals surface area (Å²) in [7, 11) is -3.22. The van der Waals surface area contributed by atoms with E-state index in [1.54, 1.807) is 18.2 Å². The molecule has 0 spiro atoms. The van der Waals surface area contributed by atoms with Gasteiger partial charge in [-0.15, -0.1) is 0 Å². The summed E-state index contributed by atoms with van der Waals surface area (Å²) in [5.41, 5.74) is 1.28. The Morgan fingerprint density at radius 1 is 1.39 bits per heavy atom. The molecule has 0 radical (unpaired) electrons. The SMILES string of the molecule is CS(=O)(=O)N1CCCC(NC(=O)c2cc3cc(Cl)ccc3[nH]2)C1. The number of piperidine rings is 1. The van der Waals surface area contributed by atoms with Gasteiger partial charge in [0, 0.05) is 35.1 Å². The van der Waals surface area contributed by atoms with Crippen molar-refractivity contribution in [2.75, 3.05) is 19.3 Å². The smallest absolute Gasteiger partial charge is 0.267 e. The second-order valence-electron chi connectivity index (χ2n) is 5.85. The Morgan fingerprint density at radius 2 is 2.17 bits per heavy atom. The average Bonchev–Trinajstić information content (AvgIpc) is 2.90. The molecule has 1 fully saturated rings. The topological polar surface area (TPSA) is 82.3 Å². The molecule has 124 valence electrons. The standard InChI is InChI=1S/C15H18ClN3O3S/c1-23(21,22)19-6-2-3-12(9-19)17-15(20)14-8-10-7-11(16)4-5-13(10)18-14/h4-5,7-8,12,18H,2-3,6,9H2,1H3,(H,17,20). The van der Waals surface area contributed by atoms with Crippen molar-refractivity contribution in [3.05, 3.63) is 35.0 Å². The Kier molecular flexibility index (Phi) is 4.35. The maximum absolute atomic E-state index is 12.4. The number of amides is 1. The molecule has 0 aliphatic carbocycles. The fraction of sp³-hybridized carbons (Fsp3) is 0.400. The number of aromatic nitrogens is 1. The number of benzene rings is 1. The maximum Gasteiger partial charge on any atom is 0.267 e. The monoisotopic (exact) mass is 355 g/mol. The number of aromatic amines is 1. The van der Waals surface area contributed by atoms with Crippen molar-refractivity contribution < 1.29 is 13.2 Å². The summed E-state index contributed by atoms with van der Waals surface area (Å²) >= 11 is 5.95. The second kappa shape index (κ2) is 6.14. The van der Waals surface area contributed by atoms with E-state index in [9.17, 15) is 13.2 Å². The lowest BCUT2D eigenvalue weighted by Gasteiger charge is -2.31. The van der Waals surface area contributed by atoms with Crippen molar-refractivity contribution in [1.29, 1.82) is 0 Å². The van der Waals surface area contributed by atoms with Gasteiger partial charge in [-0.05, 0) is 37.1 Å². The van der Waals surface area contributed by atoms with Crippen molar-refractivity contribution in [3.8, 4) is 0 Å². The third-order valence-electron chi connectivity index (χ3n) is 4.02. The van der Waals surface area contributed by atoms with Crippen LogP contribution in [0, 0.1) is 0 Å². The molecule has 2 N–H and O–H groups in total. The lowest BCUT2D eigenvalue weighted by atomic mass is 10.1. The van der Waals surface area contributed by atoms with Gasteiger partial charge < -0.3 is 10.3 Å². The van der Waals surface area contributed by atoms with E-state index < -0.39 is 10.0 Å². The predicted octanol–water partition coefficient (Wildman–Crippen LogP) is 1.98. The zero-order valence-electron chi connectivity index (χ0n) is 12.7. The molecule has 6 nitrogen and oxygen atoms in total. The number of hydrogen-bond donors (Lipinski definition) is 2. The molecule has 8 heteroatoms. The molecule has 1 aliphatic heterocycles. The van der Waals surface area contributed by atoms with Gasteiger partial charge in [0.1, 0.15) is 5.69 Å². The summed E-state index contributed by atoms with van der Waals surface area (Å²) in [6.07, 6.45) is 2.70. The van der Waals surface area contributed by atoms with Crippen LogP contribution >= 0.6 is 11.6 Å². The molecule has 3 rings (SSSR count). The van der Waals surface area contributed by atoms with E-state index in [4.69, 9.17) is 11.6 Å². The van der Waals surface area contributed by atoms with Crippen molar-refractivity contribution in [2.45, 2.75) is 18.9 Å². The number of nitrogens with zero attached hydrogens (tertiary/aromatic N) is 1. The van der Waals surface area contributed by atoms with Gasteiger partial charge >= 0.3 is 0 Å². The molecule has 1 aromatic heterocycles. The molecule has 23 heavy (non-hydrogen) atoms. The van der Waals surface area contributed by atoms with Gasteiger partial charge in [0.15, 0.2) is 0 Å². The first-order valence-corrected chi connectivity index (χ1v) is 9.60. The van der Waals surface area contributed by atoms with Crippen LogP contribution in [0.15, 0.2) is 24.3 Å². The van der Waals surface area contributed by atoms with Crippen LogP contribution in [0.1, 0.15) is 23.3 Å². The highest BCUT2D eigenvalue weighted by atomic mass is 35.5. The minimum Gasteiger partial charge on any atom is -0.351 e.